The zero-order valence-corrected chi connectivity index (χ0v) is 12.1. The molecule has 0 aliphatic heterocycles. The lowest BCUT2D eigenvalue weighted by atomic mass is 10.2. The maximum Gasteiger partial charge on any atom is 0.205 e. The van der Waals surface area contributed by atoms with E-state index in [-0.39, 0.29) is 24.0 Å². The molecule has 2 heterocycles. The molecular formula is C13H8ClFN4OS. The Hall–Kier alpha value is -2.12. The Morgan fingerprint density at radius 2 is 2.19 bits per heavy atom. The number of hydrogen-bond acceptors (Lipinski definition) is 5. The lowest BCUT2D eigenvalue weighted by Crippen LogP contribution is -2.12. The van der Waals surface area contributed by atoms with Crippen molar-refractivity contribution < 1.29 is 9.18 Å². The zero-order valence-electron chi connectivity index (χ0n) is 10.5. The van der Waals surface area contributed by atoms with Crippen LogP contribution < -0.4 is 0 Å². The highest BCUT2D eigenvalue weighted by atomic mass is 35.5. The normalized spacial score (nSPS) is 10.8. The summed E-state index contributed by atoms with van der Waals surface area (Å²) in [7, 11) is 0. The monoisotopic (exact) mass is 322 g/mol. The molecule has 3 rings (SSSR count). The second-order valence-electron chi connectivity index (χ2n) is 4.18. The number of hydrogen-bond donors (Lipinski definition) is 0. The van der Waals surface area contributed by atoms with E-state index in [9.17, 15) is 9.18 Å². The summed E-state index contributed by atoms with van der Waals surface area (Å²) in [5.41, 5.74) is 0.507. The molecule has 0 spiro atoms. The second-order valence-corrected chi connectivity index (χ2v) is 5.90. The summed E-state index contributed by atoms with van der Waals surface area (Å²) in [5, 5.41) is 11.7. The predicted octanol–water partition coefficient (Wildman–Crippen LogP) is 3.08. The number of benzene rings is 1. The standard InChI is InChI=1S/C13H8ClFN4OS/c14-12-5-4-11(21-12)10(20)7-19-17-13(16-18-19)8-2-1-3-9(15)6-8/h1-6H,7H2. The molecule has 0 bridgehead atoms. The minimum atomic E-state index is -0.381. The van der Waals surface area contributed by atoms with Crippen molar-refractivity contribution in [1.29, 1.82) is 0 Å². The van der Waals surface area contributed by atoms with Crippen LogP contribution in [-0.2, 0) is 6.54 Å². The van der Waals surface area contributed by atoms with Crippen LogP contribution in [0.1, 0.15) is 9.67 Å². The van der Waals surface area contributed by atoms with Gasteiger partial charge in [0.2, 0.25) is 5.82 Å². The van der Waals surface area contributed by atoms with Crippen LogP contribution in [-0.4, -0.2) is 26.0 Å². The van der Waals surface area contributed by atoms with Gasteiger partial charge in [0, 0.05) is 5.56 Å². The minimum absolute atomic E-state index is 0.0425. The number of nitrogens with zero attached hydrogens (tertiary/aromatic N) is 4. The van der Waals surface area contributed by atoms with Gasteiger partial charge in [0.05, 0.1) is 9.21 Å². The SMILES string of the molecule is O=C(Cn1nnc(-c2cccc(F)c2)n1)c1ccc(Cl)s1. The topological polar surface area (TPSA) is 60.7 Å². The molecule has 0 fully saturated rings. The second kappa shape index (κ2) is 5.71. The average Bonchev–Trinajstić information content (AvgIpc) is 3.08. The van der Waals surface area contributed by atoms with E-state index in [4.69, 9.17) is 11.6 Å². The van der Waals surface area contributed by atoms with Crippen molar-refractivity contribution in [2.45, 2.75) is 6.54 Å². The predicted molar refractivity (Wildman–Crippen MR) is 76.9 cm³/mol. The van der Waals surface area contributed by atoms with E-state index in [2.05, 4.69) is 15.4 Å². The van der Waals surface area contributed by atoms with Crippen LogP contribution in [0.5, 0.6) is 0 Å². The van der Waals surface area contributed by atoms with E-state index in [0.29, 0.717) is 14.8 Å². The Morgan fingerprint density at radius 1 is 1.33 bits per heavy atom. The molecule has 106 valence electrons. The summed E-state index contributed by atoms with van der Waals surface area (Å²) in [6.45, 7) is -0.0425. The lowest BCUT2D eigenvalue weighted by molar-refractivity contribution is 0.0965. The molecule has 0 radical (unpaired) electrons. The molecule has 0 aliphatic carbocycles. The van der Waals surface area contributed by atoms with Crippen LogP contribution in [0.15, 0.2) is 36.4 Å². The van der Waals surface area contributed by atoms with Crippen LogP contribution in [0, 0.1) is 5.82 Å². The number of tetrazole rings is 1. The Kier molecular flexibility index (Phi) is 3.76. The number of aromatic nitrogens is 4. The first-order valence-corrected chi connectivity index (χ1v) is 7.13. The van der Waals surface area contributed by atoms with Gasteiger partial charge in [0.25, 0.3) is 0 Å². The molecule has 21 heavy (non-hydrogen) atoms. The van der Waals surface area contributed by atoms with Crippen molar-refractivity contribution in [3.05, 3.63) is 51.4 Å². The highest BCUT2D eigenvalue weighted by Gasteiger charge is 2.13. The quantitative estimate of drug-likeness (QED) is 0.693. The first-order chi connectivity index (χ1) is 10.1. The lowest BCUT2D eigenvalue weighted by Gasteiger charge is -1.96. The van der Waals surface area contributed by atoms with E-state index >= 15 is 0 Å². The molecule has 0 atom stereocenters. The Balaban J connectivity index is 1.78. The molecule has 1 aromatic carbocycles. The molecule has 2 aromatic heterocycles. The van der Waals surface area contributed by atoms with Crippen LogP contribution in [0.4, 0.5) is 4.39 Å². The third kappa shape index (κ3) is 3.14. The molecule has 3 aromatic rings. The van der Waals surface area contributed by atoms with Crippen molar-refractivity contribution >= 4 is 28.7 Å². The van der Waals surface area contributed by atoms with E-state index in [1.54, 1.807) is 24.3 Å². The number of thiophene rings is 1. The van der Waals surface area contributed by atoms with Gasteiger partial charge in [-0.05, 0) is 29.5 Å². The van der Waals surface area contributed by atoms with Crippen molar-refractivity contribution in [3.8, 4) is 11.4 Å². The summed E-state index contributed by atoms with van der Waals surface area (Å²) in [4.78, 5) is 13.7. The van der Waals surface area contributed by atoms with Crippen molar-refractivity contribution in [1.82, 2.24) is 20.2 Å². The fraction of sp³-hybridized carbons (Fsp3) is 0.0769. The number of halogens is 2. The number of carbonyl (C=O) groups is 1. The summed E-state index contributed by atoms with van der Waals surface area (Å²) in [5.74, 6) is -0.269. The third-order valence-electron chi connectivity index (χ3n) is 2.67. The maximum atomic E-state index is 13.1. The van der Waals surface area contributed by atoms with Gasteiger partial charge in [0.1, 0.15) is 12.4 Å². The van der Waals surface area contributed by atoms with E-state index in [0.717, 1.165) is 0 Å². The molecule has 0 unspecified atom stereocenters. The molecule has 8 heteroatoms. The van der Waals surface area contributed by atoms with Gasteiger partial charge in [-0.15, -0.1) is 21.5 Å². The molecule has 0 N–H and O–H groups in total. The zero-order chi connectivity index (χ0) is 14.8. The van der Waals surface area contributed by atoms with E-state index < -0.39 is 0 Å². The van der Waals surface area contributed by atoms with Crippen LogP contribution in [0.3, 0.4) is 0 Å². The Bertz CT molecular complexity index is 801. The van der Waals surface area contributed by atoms with Crippen molar-refractivity contribution in [2.75, 3.05) is 0 Å². The molecule has 0 amide bonds. The molecular weight excluding hydrogens is 315 g/mol. The number of ketones is 1. The molecule has 0 saturated carbocycles. The molecule has 5 nitrogen and oxygen atoms in total. The fourth-order valence-electron chi connectivity index (χ4n) is 1.72. The highest BCUT2D eigenvalue weighted by Crippen LogP contribution is 2.22. The summed E-state index contributed by atoms with van der Waals surface area (Å²) < 4.78 is 13.7. The van der Waals surface area contributed by atoms with Gasteiger partial charge in [-0.1, -0.05) is 23.7 Å². The van der Waals surface area contributed by atoms with Gasteiger partial charge in [-0.25, -0.2) is 4.39 Å². The van der Waals surface area contributed by atoms with Gasteiger partial charge in [-0.2, -0.15) is 4.80 Å². The van der Waals surface area contributed by atoms with Crippen LogP contribution >= 0.6 is 22.9 Å². The maximum absolute atomic E-state index is 13.1. The summed E-state index contributed by atoms with van der Waals surface area (Å²) >= 11 is 6.98. The van der Waals surface area contributed by atoms with Crippen LogP contribution in [0.2, 0.25) is 4.34 Å². The third-order valence-corrected chi connectivity index (χ3v) is 3.94. The summed E-state index contributed by atoms with van der Waals surface area (Å²) in [6.07, 6.45) is 0. The minimum Gasteiger partial charge on any atom is -0.291 e. The van der Waals surface area contributed by atoms with Gasteiger partial charge >= 0.3 is 0 Å². The fourth-order valence-corrected chi connectivity index (χ4v) is 2.70. The summed E-state index contributed by atoms with van der Waals surface area (Å²) in [6, 6.07) is 9.18. The van der Waals surface area contributed by atoms with Crippen molar-refractivity contribution in [3.63, 3.8) is 0 Å². The Morgan fingerprint density at radius 3 is 2.90 bits per heavy atom. The van der Waals surface area contributed by atoms with Crippen LogP contribution in [0.25, 0.3) is 11.4 Å². The van der Waals surface area contributed by atoms with Gasteiger partial charge < -0.3 is 0 Å². The first kappa shape index (κ1) is 13.8. The van der Waals surface area contributed by atoms with E-state index in [1.165, 1.54) is 28.3 Å². The smallest absolute Gasteiger partial charge is 0.205 e. The first-order valence-electron chi connectivity index (χ1n) is 5.94. The number of carbonyl (C=O) groups excluding carboxylic acids is 1. The van der Waals surface area contributed by atoms with Gasteiger partial charge in [-0.3, -0.25) is 4.79 Å². The average molecular weight is 323 g/mol. The Labute approximate surface area is 128 Å². The van der Waals surface area contributed by atoms with Gasteiger partial charge in [0.15, 0.2) is 5.78 Å². The van der Waals surface area contributed by atoms with Crippen molar-refractivity contribution in [2.24, 2.45) is 0 Å². The number of Topliss-reactive ketones (excluding diaryl/α,β-unsaturated/α-hetero) is 1. The largest absolute Gasteiger partial charge is 0.291 e. The molecule has 0 aliphatic rings. The highest BCUT2D eigenvalue weighted by molar-refractivity contribution is 7.18. The number of rotatable bonds is 4. The molecule has 0 saturated heterocycles. The van der Waals surface area contributed by atoms with E-state index in [1.807, 2.05) is 0 Å².